The number of nitrogens with one attached hydrogen (secondary N) is 3. The number of hydrogen-bond acceptors (Lipinski definition) is 4. The van der Waals surface area contributed by atoms with Crippen LogP contribution in [-0.2, 0) is 9.53 Å². The first-order valence-corrected chi connectivity index (χ1v) is 9.47. The van der Waals surface area contributed by atoms with Gasteiger partial charge in [0.25, 0.3) is 0 Å². The zero-order valence-corrected chi connectivity index (χ0v) is 16.3. The summed E-state index contributed by atoms with van der Waals surface area (Å²) >= 11 is 0. The maximum Gasteiger partial charge on any atom is 0.323 e. The van der Waals surface area contributed by atoms with Crippen molar-refractivity contribution in [2.24, 2.45) is 0 Å². The molecule has 0 atom stereocenters. The molecule has 0 aliphatic heterocycles. The molecule has 0 saturated carbocycles. The lowest BCUT2D eigenvalue weighted by molar-refractivity contribution is -0.120. The Balaban J connectivity index is 1.38. The van der Waals surface area contributed by atoms with Crippen LogP contribution in [0.2, 0.25) is 0 Å². The summed E-state index contributed by atoms with van der Waals surface area (Å²) < 4.78 is 10.8. The Kier molecular flexibility index (Phi) is 7.82. The summed E-state index contributed by atoms with van der Waals surface area (Å²) in [6, 6.07) is 25.0. The number of para-hydroxylation sites is 2. The summed E-state index contributed by atoms with van der Waals surface area (Å²) in [5, 5.41) is 8.20. The van der Waals surface area contributed by atoms with Gasteiger partial charge < -0.3 is 25.4 Å². The number of benzene rings is 3. The van der Waals surface area contributed by atoms with Crippen molar-refractivity contribution in [1.82, 2.24) is 0 Å². The highest BCUT2D eigenvalue weighted by Crippen LogP contribution is 2.16. The van der Waals surface area contributed by atoms with Gasteiger partial charge >= 0.3 is 6.03 Å². The third kappa shape index (κ3) is 7.29. The van der Waals surface area contributed by atoms with Gasteiger partial charge in [0.05, 0.1) is 6.61 Å². The van der Waals surface area contributed by atoms with Crippen LogP contribution in [0.5, 0.6) is 5.75 Å². The number of carbonyl (C=O) groups is 2. The summed E-state index contributed by atoms with van der Waals surface area (Å²) in [5.74, 6) is 0.465. The number of hydrogen-bond donors (Lipinski definition) is 3. The monoisotopic (exact) mass is 405 g/mol. The number of urea groups is 1. The molecule has 30 heavy (non-hydrogen) atoms. The van der Waals surface area contributed by atoms with Crippen LogP contribution >= 0.6 is 0 Å². The van der Waals surface area contributed by atoms with E-state index in [4.69, 9.17) is 9.47 Å². The largest absolute Gasteiger partial charge is 0.491 e. The summed E-state index contributed by atoms with van der Waals surface area (Å²) in [4.78, 5) is 24.1. The standard InChI is InChI=1S/C23H23N3O4/c27-22(17-29-14-15-30-21-12-5-2-6-13-21)24-19-10-7-11-20(16-19)26-23(28)25-18-8-3-1-4-9-18/h1-13,16H,14-15,17H2,(H,24,27)(H2,25,26,28). The van der Waals surface area contributed by atoms with E-state index in [1.165, 1.54) is 0 Å². The number of rotatable bonds is 9. The molecule has 3 aromatic carbocycles. The van der Waals surface area contributed by atoms with Crippen molar-refractivity contribution in [3.8, 4) is 5.75 Å². The van der Waals surface area contributed by atoms with Gasteiger partial charge in [-0.05, 0) is 42.5 Å². The quantitative estimate of drug-likeness (QED) is 0.462. The van der Waals surface area contributed by atoms with Crippen LogP contribution in [0.4, 0.5) is 21.9 Å². The van der Waals surface area contributed by atoms with Crippen LogP contribution in [0, 0.1) is 0 Å². The highest BCUT2D eigenvalue weighted by molar-refractivity contribution is 6.00. The van der Waals surface area contributed by atoms with Crippen LogP contribution in [0.25, 0.3) is 0 Å². The molecule has 0 bridgehead atoms. The molecule has 0 spiro atoms. The first-order valence-electron chi connectivity index (χ1n) is 9.47. The van der Waals surface area contributed by atoms with E-state index in [-0.39, 0.29) is 18.5 Å². The van der Waals surface area contributed by atoms with Crippen molar-refractivity contribution in [1.29, 1.82) is 0 Å². The number of anilines is 3. The van der Waals surface area contributed by atoms with Crippen molar-refractivity contribution < 1.29 is 19.1 Å². The first-order chi connectivity index (χ1) is 14.7. The van der Waals surface area contributed by atoms with Crippen LogP contribution in [0.1, 0.15) is 0 Å². The normalized spacial score (nSPS) is 10.1. The topological polar surface area (TPSA) is 88.7 Å². The second kappa shape index (κ2) is 11.2. The third-order valence-electron chi connectivity index (χ3n) is 3.91. The van der Waals surface area contributed by atoms with E-state index >= 15 is 0 Å². The molecule has 3 aromatic rings. The molecule has 0 aromatic heterocycles. The minimum Gasteiger partial charge on any atom is -0.491 e. The Morgan fingerprint density at radius 3 is 2.00 bits per heavy atom. The minimum atomic E-state index is -0.369. The van der Waals surface area contributed by atoms with Crippen LogP contribution in [0.3, 0.4) is 0 Å². The van der Waals surface area contributed by atoms with E-state index < -0.39 is 0 Å². The molecule has 154 valence electrons. The molecule has 0 aliphatic carbocycles. The van der Waals surface area contributed by atoms with Crippen molar-refractivity contribution in [2.45, 2.75) is 0 Å². The fourth-order valence-electron chi connectivity index (χ4n) is 2.59. The minimum absolute atomic E-state index is 0.0930. The molecule has 0 aliphatic rings. The van der Waals surface area contributed by atoms with Gasteiger partial charge in [0.2, 0.25) is 5.91 Å². The highest BCUT2D eigenvalue weighted by Gasteiger charge is 2.06. The van der Waals surface area contributed by atoms with Crippen molar-refractivity contribution in [2.75, 3.05) is 35.8 Å². The van der Waals surface area contributed by atoms with Gasteiger partial charge in [0, 0.05) is 17.1 Å². The first kappa shape index (κ1) is 20.9. The molecule has 0 radical (unpaired) electrons. The molecule has 3 rings (SSSR count). The molecule has 7 nitrogen and oxygen atoms in total. The molecule has 0 heterocycles. The van der Waals surface area contributed by atoms with Crippen LogP contribution in [-0.4, -0.2) is 31.8 Å². The lowest BCUT2D eigenvalue weighted by atomic mass is 10.2. The van der Waals surface area contributed by atoms with E-state index in [2.05, 4.69) is 16.0 Å². The second-order valence-corrected chi connectivity index (χ2v) is 6.29. The predicted octanol–water partition coefficient (Wildman–Crippen LogP) is 4.36. The van der Waals surface area contributed by atoms with Crippen molar-refractivity contribution in [3.63, 3.8) is 0 Å². The van der Waals surface area contributed by atoms with Crippen LogP contribution in [0.15, 0.2) is 84.9 Å². The molecule has 0 fully saturated rings. The van der Waals surface area contributed by atoms with Gasteiger partial charge in [-0.2, -0.15) is 0 Å². The van der Waals surface area contributed by atoms with E-state index in [1.807, 2.05) is 48.5 Å². The smallest absolute Gasteiger partial charge is 0.323 e. The van der Waals surface area contributed by atoms with E-state index in [9.17, 15) is 9.59 Å². The average molecular weight is 405 g/mol. The SMILES string of the molecule is O=C(COCCOc1ccccc1)Nc1cccc(NC(=O)Nc2ccccc2)c1. The van der Waals surface area contributed by atoms with E-state index in [0.29, 0.717) is 30.3 Å². The van der Waals surface area contributed by atoms with E-state index in [1.54, 1.807) is 36.4 Å². The number of ether oxygens (including phenoxy) is 2. The molecule has 0 saturated heterocycles. The number of carbonyl (C=O) groups excluding carboxylic acids is 2. The summed E-state index contributed by atoms with van der Waals surface area (Å²) in [6.45, 7) is 0.557. The highest BCUT2D eigenvalue weighted by atomic mass is 16.5. The maximum atomic E-state index is 12.1. The average Bonchev–Trinajstić information content (AvgIpc) is 2.75. The Labute approximate surface area is 175 Å². The molecule has 3 N–H and O–H groups in total. The van der Waals surface area contributed by atoms with Crippen LogP contribution < -0.4 is 20.7 Å². The van der Waals surface area contributed by atoms with Gasteiger partial charge in [-0.3, -0.25) is 4.79 Å². The lowest BCUT2D eigenvalue weighted by Crippen LogP contribution is -2.21. The summed E-state index contributed by atoms with van der Waals surface area (Å²) in [6.07, 6.45) is 0. The fraction of sp³-hybridized carbons (Fsp3) is 0.130. The molecule has 0 unspecified atom stereocenters. The van der Waals surface area contributed by atoms with Gasteiger partial charge in [-0.25, -0.2) is 4.79 Å². The Morgan fingerprint density at radius 1 is 0.667 bits per heavy atom. The third-order valence-corrected chi connectivity index (χ3v) is 3.91. The number of amides is 3. The van der Waals surface area contributed by atoms with Gasteiger partial charge in [-0.15, -0.1) is 0 Å². The Bertz CT molecular complexity index is 949. The summed E-state index contributed by atoms with van der Waals surface area (Å²) in [5.41, 5.74) is 1.80. The zero-order valence-electron chi connectivity index (χ0n) is 16.3. The lowest BCUT2D eigenvalue weighted by Gasteiger charge is -2.10. The molecular formula is C23H23N3O4. The van der Waals surface area contributed by atoms with E-state index in [0.717, 1.165) is 5.75 Å². The van der Waals surface area contributed by atoms with Gasteiger partial charge in [0.1, 0.15) is 19.0 Å². The predicted molar refractivity (Wildman–Crippen MR) is 117 cm³/mol. The zero-order chi connectivity index (χ0) is 21.0. The van der Waals surface area contributed by atoms with Gasteiger partial charge in [-0.1, -0.05) is 42.5 Å². The second-order valence-electron chi connectivity index (χ2n) is 6.29. The fourth-order valence-corrected chi connectivity index (χ4v) is 2.59. The molecule has 7 heteroatoms. The Hall–Kier alpha value is -3.84. The maximum absolute atomic E-state index is 12.1. The Morgan fingerprint density at radius 2 is 1.27 bits per heavy atom. The van der Waals surface area contributed by atoms with Crippen molar-refractivity contribution >= 4 is 29.0 Å². The molecular weight excluding hydrogens is 382 g/mol. The molecule has 3 amide bonds. The van der Waals surface area contributed by atoms with Gasteiger partial charge in [0.15, 0.2) is 0 Å². The summed E-state index contributed by atoms with van der Waals surface area (Å²) in [7, 11) is 0. The van der Waals surface area contributed by atoms with Crippen molar-refractivity contribution in [3.05, 3.63) is 84.9 Å².